The van der Waals surface area contributed by atoms with E-state index < -0.39 is 0 Å². The Labute approximate surface area is 103 Å². The molecular formula is C13H11BrN2. The summed E-state index contributed by atoms with van der Waals surface area (Å²) in [6.45, 7) is 4.08. The van der Waals surface area contributed by atoms with Gasteiger partial charge in [0.05, 0.1) is 11.3 Å². The van der Waals surface area contributed by atoms with Crippen LogP contribution in [0.2, 0.25) is 0 Å². The van der Waals surface area contributed by atoms with Crippen LogP contribution in [0.4, 0.5) is 0 Å². The molecule has 16 heavy (non-hydrogen) atoms. The van der Waals surface area contributed by atoms with Gasteiger partial charge in [-0.15, -0.1) is 0 Å². The van der Waals surface area contributed by atoms with Crippen LogP contribution in [-0.2, 0) is 0 Å². The molecule has 0 bridgehead atoms. The van der Waals surface area contributed by atoms with Gasteiger partial charge in [-0.1, -0.05) is 15.9 Å². The lowest BCUT2D eigenvalue weighted by molar-refractivity contribution is 0.961. The molecule has 0 saturated carbocycles. The van der Waals surface area contributed by atoms with Crippen LogP contribution in [0.1, 0.15) is 17.0 Å². The molecule has 0 N–H and O–H groups in total. The SMILES string of the molecule is Cc1ccc(C)n1-c1ccc(Br)cc1C#N. The van der Waals surface area contributed by atoms with E-state index in [2.05, 4.69) is 38.7 Å². The van der Waals surface area contributed by atoms with Gasteiger partial charge >= 0.3 is 0 Å². The quantitative estimate of drug-likeness (QED) is 0.779. The lowest BCUT2D eigenvalue weighted by Gasteiger charge is -2.11. The maximum Gasteiger partial charge on any atom is 0.101 e. The van der Waals surface area contributed by atoms with Gasteiger partial charge < -0.3 is 4.57 Å². The number of nitrogens with zero attached hydrogens (tertiary/aromatic N) is 2. The number of benzene rings is 1. The Morgan fingerprint density at radius 2 is 1.75 bits per heavy atom. The highest BCUT2D eigenvalue weighted by Crippen LogP contribution is 2.23. The zero-order valence-electron chi connectivity index (χ0n) is 9.16. The summed E-state index contributed by atoms with van der Waals surface area (Å²) in [6, 6.07) is 12.1. The lowest BCUT2D eigenvalue weighted by Crippen LogP contribution is -2.01. The predicted octanol–water partition coefficient (Wildman–Crippen LogP) is 3.73. The van der Waals surface area contributed by atoms with Crippen LogP contribution in [0.25, 0.3) is 5.69 Å². The molecule has 2 aromatic rings. The van der Waals surface area contributed by atoms with Crippen molar-refractivity contribution < 1.29 is 0 Å². The van der Waals surface area contributed by atoms with E-state index >= 15 is 0 Å². The van der Waals surface area contributed by atoms with E-state index in [0.29, 0.717) is 5.56 Å². The van der Waals surface area contributed by atoms with Gasteiger partial charge in [-0.2, -0.15) is 5.26 Å². The Morgan fingerprint density at radius 1 is 1.12 bits per heavy atom. The van der Waals surface area contributed by atoms with E-state index in [0.717, 1.165) is 21.5 Å². The minimum atomic E-state index is 0.678. The van der Waals surface area contributed by atoms with E-state index in [-0.39, 0.29) is 0 Å². The molecule has 3 heteroatoms. The number of rotatable bonds is 1. The Morgan fingerprint density at radius 3 is 2.31 bits per heavy atom. The average Bonchev–Trinajstić information content (AvgIpc) is 2.59. The highest BCUT2D eigenvalue weighted by Gasteiger charge is 2.08. The Balaban J connectivity index is 2.70. The molecule has 80 valence electrons. The monoisotopic (exact) mass is 274 g/mol. The number of halogens is 1. The van der Waals surface area contributed by atoms with Gasteiger partial charge in [-0.3, -0.25) is 0 Å². The number of hydrogen-bond donors (Lipinski definition) is 0. The second-order valence-corrected chi connectivity index (χ2v) is 4.64. The van der Waals surface area contributed by atoms with Crippen LogP contribution in [-0.4, -0.2) is 4.57 Å². The summed E-state index contributed by atoms with van der Waals surface area (Å²) in [5.74, 6) is 0. The van der Waals surface area contributed by atoms with Crippen LogP contribution in [0.3, 0.4) is 0 Å². The summed E-state index contributed by atoms with van der Waals surface area (Å²) in [5, 5.41) is 9.14. The van der Waals surface area contributed by atoms with Crippen molar-refractivity contribution >= 4 is 15.9 Å². The number of aromatic nitrogens is 1. The largest absolute Gasteiger partial charge is 0.317 e. The first-order valence-corrected chi connectivity index (χ1v) is 5.78. The third-order valence-corrected chi connectivity index (χ3v) is 3.08. The predicted molar refractivity (Wildman–Crippen MR) is 67.7 cm³/mol. The van der Waals surface area contributed by atoms with Gasteiger partial charge in [0, 0.05) is 15.9 Å². The van der Waals surface area contributed by atoms with Crippen molar-refractivity contribution in [3.63, 3.8) is 0 Å². The highest BCUT2D eigenvalue weighted by atomic mass is 79.9. The molecule has 0 unspecified atom stereocenters. The number of hydrogen-bond acceptors (Lipinski definition) is 1. The van der Waals surface area contributed by atoms with Crippen molar-refractivity contribution in [1.82, 2.24) is 4.57 Å². The van der Waals surface area contributed by atoms with Gasteiger partial charge in [0.2, 0.25) is 0 Å². The van der Waals surface area contributed by atoms with Crippen molar-refractivity contribution in [2.24, 2.45) is 0 Å². The third kappa shape index (κ3) is 1.77. The molecule has 0 radical (unpaired) electrons. The molecule has 0 aliphatic rings. The molecule has 1 heterocycles. The molecule has 1 aromatic heterocycles. The maximum atomic E-state index is 9.14. The zero-order valence-corrected chi connectivity index (χ0v) is 10.7. The molecule has 0 atom stereocenters. The van der Waals surface area contributed by atoms with E-state index in [9.17, 15) is 0 Å². The van der Waals surface area contributed by atoms with Crippen LogP contribution < -0.4 is 0 Å². The van der Waals surface area contributed by atoms with E-state index in [4.69, 9.17) is 5.26 Å². The Hall–Kier alpha value is -1.53. The summed E-state index contributed by atoms with van der Waals surface area (Å²) in [4.78, 5) is 0. The summed E-state index contributed by atoms with van der Waals surface area (Å²) in [7, 11) is 0. The van der Waals surface area contributed by atoms with Gasteiger partial charge in [0.1, 0.15) is 6.07 Å². The standard InChI is InChI=1S/C13H11BrN2/c1-9-3-4-10(2)16(9)13-6-5-12(14)7-11(13)8-15/h3-7H,1-2H3. The Bertz CT molecular complexity index is 557. The molecule has 2 rings (SSSR count). The van der Waals surface area contributed by atoms with Crippen LogP contribution in [0.5, 0.6) is 0 Å². The fraction of sp³-hybridized carbons (Fsp3) is 0.154. The minimum Gasteiger partial charge on any atom is -0.317 e. The second-order valence-electron chi connectivity index (χ2n) is 3.72. The van der Waals surface area contributed by atoms with Gasteiger partial charge in [-0.25, -0.2) is 0 Å². The van der Waals surface area contributed by atoms with Gasteiger partial charge in [-0.05, 0) is 44.2 Å². The van der Waals surface area contributed by atoms with E-state index in [1.54, 1.807) is 0 Å². The van der Waals surface area contributed by atoms with Crippen LogP contribution in [0, 0.1) is 25.2 Å². The molecule has 2 nitrogen and oxygen atoms in total. The molecule has 0 spiro atoms. The Kier molecular flexibility index (Phi) is 2.84. The lowest BCUT2D eigenvalue weighted by atomic mass is 10.2. The normalized spacial score (nSPS) is 10.1. The molecular weight excluding hydrogens is 264 g/mol. The highest BCUT2D eigenvalue weighted by molar-refractivity contribution is 9.10. The zero-order chi connectivity index (χ0) is 11.7. The van der Waals surface area contributed by atoms with E-state index in [1.165, 1.54) is 0 Å². The van der Waals surface area contributed by atoms with Crippen LogP contribution in [0.15, 0.2) is 34.8 Å². The van der Waals surface area contributed by atoms with E-state index in [1.807, 2.05) is 32.0 Å². The number of nitriles is 1. The van der Waals surface area contributed by atoms with Gasteiger partial charge in [0.15, 0.2) is 0 Å². The third-order valence-electron chi connectivity index (χ3n) is 2.59. The average molecular weight is 275 g/mol. The first-order valence-electron chi connectivity index (χ1n) is 4.98. The molecule has 0 aliphatic carbocycles. The maximum absolute atomic E-state index is 9.14. The minimum absolute atomic E-state index is 0.678. The summed E-state index contributed by atoms with van der Waals surface area (Å²) >= 11 is 3.38. The molecule has 0 amide bonds. The second kappa shape index (κ2) is 4.15. The summed E-state index contributed by atoms with van der Waals surface area (Å²) in [6.07, 6.45) is 0. The molecule has 0 fully saturated rings. The smallest absolute Gasteiger partial charge is 0.101 e. The van der Waals surface area contributed by atoms with Crippen molar-refractivity contribution in [3.05, 3.63) is 51.8 Å². The fourth-order valence-electron chi connectivity index (χ4n) is 1.84. The number of aryl methyl sites for hydroxylation is 2. The summed E-state index contributed by atoms with van der Waals surface area (Å²) in [5.41, 5.74) is 3.88. The summed E-state index contributed by atoms with van der Waals surface area (Å²) < 4.78 is 3.01. The molecule has 1 aromatic carbocycles. The molecule has 0 aliphatic heterocycles. The molecule has 0 saturated heterocycles. The van der Waals surface area contributed by atoms with Crippen molar-refractivity contribution in [2.75, 3.05) is 0 Å². The topological polar surface area (TPSA) is 28.7 Å². The first-order chi connectivity index (χ1) is 7.63. The first kappa shape index (κ1) is 11.0. The van der Waals surface area contributed by atoms with Crippen molar-refractivity contribution in [1.29, 1.82) is 5.26 Å². The van der Waals surface area contributed by atoms with Crippen molar-refractivity contribution in [2.45, 2.75) is 13.8 Å². The van der Waals surface area contributed by atoms with Gasteiger partial charge in [0.25, 0.3) is 0 Å². The van der Waals surface area contributed by atoms with Crippen LogP contribution >= 0.6 is 15.9 Å². The fourth-order valence-corrected chi connectivity index (χ4v) is 2.20. The van der Waals surface area contributed by atoms with Crippen molar-refractivity contribution in [3.8, 4) is 11.8 Å².